The zero-order chi connectivity index (χ0) is 12.9. The summed E-state index contributed by atoms with van der Waals surface area (Å²) in [5, 5.41) is 3.17. The van der Waals surface area contributed by atoms with Crippen molar-refractivity contribution in [2.24, 2.45) is 0 Å². The first-order valence-electron chi connectivity index (χ1n) is 5.49. The molecule has 17 heavy (non-hydrogen) atoms. The van der Waals surface area contributed by atoms with Gasteiger partial charge in [-0.2, -0.15) is 0 Å². The molecule has 1 aromatic heterocycles. The molecule has 1 rings (SSSR count). The maximum Gasteiger partial charge on any atom is 0.242 e. The number of sulfonamides is 1. The Morgan fingerprint density at radius 3 is 2.71 bits per heavy atom. The number of hydrogen-bond donors (Lipinski definition) is 2. The highest BCUT2D eigenvalue weighted by Gasteiger charge is 2.19. The predicted molar refractivity (Wildman–Crippen MR) is 74.9 cm³/mol. The van der Waals surface area contributed by atoms with Gasteiger partial charge in [-0.25, -0.2) is 13.1 Å². The van der Waals surface area contributed by atoms with E-state index in [4.69, 9.17) is 0 Å². The first kappa shape index (κ1) is 15.1. The number of hydrogen-bond acceptors (Lipinski definition) is 4. The van der Waals surface area contributed by atoms with Crippen molar-refractivity contribution in [1.29, 1.82) is 0 Å². The molecule has 0 amide bonds. The fraction of sp³-hybridized carbons (Fsp3) is 0.600. The Bertz CT molecular complexity index is 457. The number of thiophene rings is 1. The maximum atomic E-state index is 11.9. The van der Waals surface area contributed by atoms with Gasteiger partial charge >= 0.3 is 0 Å². The molecule has 1 heterocycles. The van der Waals surface area contributed by atoms with Crippen LogP contribution < -0.4 is 10.0 Å². The lowest BCUT2D eigenvalue weighted by Gasteiger charge is -2.03. The fourth-order valence-electron chi connectivity index (χ4n) is 1.23. The third kappa shape index (κ3) is 4.33. The molecule has 4 nitrogen and oxygen atoms in total. The van der Waals surface area contributed by atoms with E-state index >= 15 is 0 Å². The van der Waals surface area contributed by atoms with Crippen molar-refractivity contribution in [2.45, 2.75) is 31.7 Å². The highest BCUT2D eigenvalue weighted by molar-refractivity contribution is 9.11. The van der Waals surface area contributed by atoms with Gasteiger partial charge in [-0.3, -0.25) is 0 Å². The summed E-state index contributed by atoms with van der Waals surface area (Å²) in [6.45, 7) is 5.98. The topological polar surface area (TPSA) is 58.2 Å². The van der Waals surface area contributed by atoms with E-state index in [0.717, 1.165) is 17.8 Å². The summed E-state index contributed by atoms with van der Waals surface area (Å²) in [6, 6.07) is 1.72. The van der Waals surface area contributed by atoms with E-state index in [2.05, 4.69) is 26.0 Å². The normalized spacial score (nSPS) is 11.9. The summed E-state index contributed by atoms with van der Waals surface area (Å²) in [5.41, 5.74) is 0. The monoisotopic (exact) mass is 340 g/mol. The highest BCUT2D eigenvalue weighted by atomic mass is 79.9. The Morgan fingerprint density at radius 1 is 1.41 bits per heavy atom. The van der Waals surface area contributed by atoms with Gasteiger partial charge < -0.3 is 5.32 Å². The van der Waals surface area contributed by atoms with E-state index in [9.17, 15) is 8.42 Å². The third-order valence-electron chi connectivity index (χ3n) is 2.09. The van der Waals surface area contributed by atoms with Crippen LogP contribution >= 0.6 is 27.3 Å². The molecule has 0 fully saturated rings. The Morgan fingerprint density at radius 2 is 2.12 bits per heavy atom. The molecule has 0 aromatic carbocycles. The predicted octanol–water partition coefficient (Wildman–Crippen LogP) is 2.31. The fourth-order valence-corrected chi connectivity index (χ4v) is 5.01. The Labute approximate surface area is 115 Å². The van der Waals surface area contributed by atoms with Crippen LogP contribution in [0.15, 0.2) is 14.7 Å². The van der Waals surface area contributed by atoms with Gasteiger partial charge in [0.1, 0.15) is 4.90 Å². The summed E-state index contributed by atoms with van der Waals surface area (Å²) >= 11 is 4.76. The van der Waals surface area contributed by atoms with Gasteiger partial charge in [0.05, 0.1) is 3.79 Å². The molecule has 0 saturated heterocycles. The van der Waals surface area contributed by atoms with Gasteiger partial charge in [-0.15, -0.1) is 11.3 Å². The minimum absolute atomic E-state index is 0.337. The molecule has 0 aliphatic rings. The van der Waals surface area contributed by atoms with Crippen LogP contribution in [0.5, 0.6) is 0 Å². The molecule has 98 valence electrons. The van der Waals surface area contributed by atoms with Crippen molar-refractivity contribution < 1.29 is 8.42 Å². The second-order valence-electron chi connectivity index (χ2n) is 3.53. The van der Waals surface area contributed by atoms with Crippen molar-refractivity contribution in [1.82, 2.24) is 10.0 Å². The second kappa shape index (κ2) is 6.84. The summed E-state index contributed by atoms with van der Waals surface area (Å²) in [7, 11) is -3.37. The highest BCUT2D eigenvalue weighted by Crippen LogP contribution is 2.31. The molecule has 1 aromatic rings. The van der Waals surface area contributed by atoms with E-state index in [-0.39, 0.29) is 0 Å². The van der Waals surface area contributed by atoms with Crippen LogP contribution in [0.3, 0.4) is 0 Å². The van der Waals surface area contributed by atoms with Crippen molar-refractivity contribution in [2.75, 3.05) is 13.1 Å². The molecule has 0 atom stereocenters. The largest absolute Gasteiger partial charge is 0.312 e. The molecule has 2 N–H and O–H groups in total. The van der Waals surface area contributed by atoms with Gasteiger partial charge in [-0.05, 0) is 35.0 Å². The molecule has 7 heteroatoms. The maximum absolute atomic E-state index is 11.9. The lowest BCUT2D eigenvalue weighted by Crippen LogP contribution is -2.24. The minimum Gasteiger partial charge on any atom is -0.312 e. The van der Waals surface area contributed by atoms with Crippen LogP contribution in [-0.2, 0) is 16.6 Å². The van der Waals surface area contributed by atoms with Gasteiger partial charge in [-0.1, -0.05) is 13.8 Å². The molecular formula is C10H17BrN2O2S2. The quantitative estimate of drug-likeness (QED) is 0.800. The number of nitrogens with one attached hydrogen (secondary N) is 2. The van der Waals surface area contributed by atoms with Crippen LogP contribution in [0.2, 0.25) is 0 Å². The van der Waals surface area contributed by atoms with Gasteiger partial charge in [0.15, 0.2) is 0 Å². The lowest BCUT2D eigenvalue weighted by atomic mass is 10.4. The van der Waals surface area contributed by atoms with Gasteiger partial charge in [0.2, 0.25) is 10.0 Å². The van der Waals surface area contributed by atoms with Crippen molar-refractivity contribution >= 4 is 37.3 Å². The Balaban J connectivity index is 2.86. The smallest absolute Gasteiger partial charge is 0.242 e. The average Bonchev–Trinajstić information content (AvgIpc) is 2.66. The molecule has 0 unspecified atom stereocenters. The molecule has 0 spiro atoms. The number of halogens is 1. The summed E-state index contributed by atoms with van der Waals surface area (Å²) < 4.78 is 27.1. The van der Waals surface area contributed by atoms with E-state index in [1.807, 2.05) is 13.8 Å². The first-order chi connectivity index (χ1) is 8.01. The van der Waals surface area contributed by atoms with Crippen LogP contribution in [0.25, 0.3) is 0 Å². The van der Waals surface area contributed by atoms with Crippen molar-refractivity contribution in [3.63, 3.8) is 0 Å². The second-order valence-corrected chi connectivity index (χ2v) is 7.72. The van der Waals surface area contributed by atoms with Gasteiger partial charge in [0, 0.05) is 18.0 Å². The van der Waals surface area contributed by atoms with Gasteiger partial charge in [0.25, 0.3) is 0 Å². The SMILES string of the molecule is CCCNS(=O)(=O)c1cc(CNCC)sc1Br. The zero-order valence-electron chi connectivity index (χ0n) is 9.92. The number of rotatable bonds is 7. The standard InChI is InChI=1S/C10H17BrN2O2S2/c1-3-5-13-17(14,15)9-6-8(7-12-4-2)16-10(9)11/h6,12-13H,3-5,7H2,1-2H3. The van der Waals surface area contributed by atoms with Crippen molar-refractivity contribution in [3.8, 4) is 0 Å². The van der Waals surface area contributed by atoms with Crippen LogP contribution in [0.1, 0.15) is 25.1 Å². The van der Waals surface area contributed by atoms with Crippen LogP contribution in [-0.4, -0.2) is 21.5 Å². The van der Waals surface area contributed by atoms with Crippen LogP contribution in [0.4, 0.5) is 0 Å². The Hall–Kier alpha value is 0.0500. The lowest BCUT2D eigenvalue weighted by molar-refractivity contribution is 0.580. The molecule has 0 bridgehead atoms. The molecule has 0 saturated carbocycles. The zero-order valence-corrected chi connectivity index (χ0v) is 13.1. The summed E-state index contributed by atoms with van der Waals surface area (Å²) in [6.07, 6.45) is 0.783. The van der Waals surface area contributed by atoms with E-state index in [1.54, 1.807) is 6.07 Å². The molecule has 0 radical (unpaired) electrons. The van der Waals surface area contributed by atoms with Crippen molar-refractivity contribution in [3.05, 3.63) is 14.7 Å². The summed E-state index contributed by atoms with van der Waals surface area (Å²) in [4.78, 5) is 1.35. The first-order valence-corrected chi connectivity index (χ1v) is 8.59. The minimum atomic E-state index is -3.37. The third-order valence-corrected chi connectivity index (χ3v) is 5.80. The van der Waals surface area contributed by atoms with E-state index < -0.39 is 10.0 Å². The molecule has 0 aliphatic heterocycles. The Kier molecular flexibility index (Phi) is 6.08. The van der Waals surface area contributed by atoms with E-state index in [1.165, 1.54) is 11.3 Å². The molecular weight excluding hydrogens is 324 g/mol. The average molecular weight is 341 g/mol. The van der Waals surface area contributed by atoms with E-state index in [0.29, 0.717) is 21.8 Å². The summed E-state index contributed by atoms with van der Waals surface area (Å²) in [5.74, 6) is 0. The molecule has 0 aliphatic carbocycles. The van der Waals surface area contributed by atoms with Crippen LogP contribution in [0, 0.1) is 0 Å².